The van der Waals surface area contributed by atoms with Crippen molar-refractivity contribution in [3.8, 4) is 0 Å². The van der Waals surface area contributed by atoms with E-state index in [9.17, 15) is 107 Å². The molecule has 1 aromatic carbocycles. The molecule has 0 saturated carbocycles. The minimum atomic E-state index is -2.25. The summed E-state index contributed by atoms with van der Waals surface area (Å²) in [6, 6.07) is 4.58. The van der Waals surface area contributed by atoms with Crippen LogP contribution in [0.2, 0.25) is 0 Å². The number of hydrogen-bond acceptors (Lipinski definition) is 37. The molecule has 35 atom stereocenters. The van der Waals surface area contributed by atoms with E-state index >= 15 is 0 Å². The summed E-state index contributed by atoms with van der Waals surface area (Å²) >= 11 is 1.86. The second kappa shape index (κ2) is 30.8. The van der Waals surface area contributed by atoms with Crippen molar-refractivity contribution in [2.24, 2.45) is 0 Å². The minimum absolute atomic E-state index is 0.0182. The van der Waals surface area contributed by atoms with Gasteiger partial charge >= 0.3 is 5.97 Å². The third kappa shape index (κ3) is 14.4. The highest BCUT2D eigenvalue weighted by molar-refractivity contribution is 14.1. The summed E-state index contributed by atoms with van der Waals surface area (Å²) in [5, 5.41) is 224. The van der Waals surface area contributed by atoms with Gasteiger partial charge in [0.25, 0.3) is 0 Å². The van der Waals surface area contributed by atoms with Crippen molar-refractivity contribution in [3.63, 3.8) is 0 Å². The van der Waals surface area contributed by atoms with Gasteiger partial charge in [-0.3, -0.25) is 0 Å². The van der Waals surface area contributed by atoms with Crippen molar-refractivity contribution in [1.29, 1.82) is 0 Å². The number of fused-ring (bicyclic) bond motifs is 7. The van der Waals surface area contributed by atoms with E-state index in [0.717, 1.165) is 7.11 Å². The maximum Gasteiger partial charge on any atom is 0.339 e. The summed E-state index contributed by atoms with van der Waals surface area (Å²) in [5.41, 5.74) is 0.177. The van der Waals surface area contributed by atoms with Crippen LogP contribution < -0.4 is 0 Å². The van der Waals surface area contributed by atoms with E-state index < -0.39 is 274 Å². The summed E-state index contributed by atoms with van der Waals surface area (Å²) in [6.07, 6.45) is -70.8. The van der Waals surface area contributed by atoms with Crippen LogP contribution in [0.1, 0.15) is 15.9 Å². The number of carbonyl (C=O) groups is 1. The van der Waals surface area contributed by atoms with Gasteiger partial charge in [0.1, 0.15) is 171 Å². The van der Waals surface area contributed by atoms with E-state index in [1.807, 2.05) is 22.6 Å². The first kappa shape index (κ1) is 71.3. The molecule has 0 aromatic heterocycles. The number of benzene rings is 1. The molecule has 0 unspecified atom stereocenters. The predicted molar refractivity (Wildman–Crippen MR) is 282 cm³/mol. The van der Waals surface area contributed by atoms with Gasteiger partial charge in [-0.05, 0) is 34.2 Å². The number of halogens is 1. The average Bonchev–Trinajstić information content (AvgIpc) is 1.01. The smallest absolute Gasteiger partial charge is 0.339 e. The number of methoxy groups -OCH3 is 1. The SMILES string of the molecule is COC(=O)c1c(I)cccc1CO[C@H]1[C@H]2O[C@H]3[C@H](O)[C@@H](O)[C@@H](O[C@H]4[C@H](O)[C@@H](O)[C@@H](O[C@H]5[C@H](O)[C@@H](O)[C@@H](O[C@H]6[C@H](O)[C@@H](O)[C@@H](O[C@H]7[C@H](O)[C@@H](O)[C@@H](O[C@H]8[C@H](O)[C@@H](O)[C@@H](O[C@@H]([C@@H]1O)[C@@H](CO)O2)O[C@@H]8CO)O[C@@H]7CO)O[C@@H]6CO)O[C@@H]5CO)O[C@@H]4CO)O[C@@H]3CO. The van der Waals surface area contributed by atoms with Gasteiger partial charge in [-0.15, -0.1) is 0 Å². The van der Waals surface area contributed by atoms with E-state index in [1.165, 1.54) is 6.07 Å². The minimum Gasteiger partial charge on any atom is -0.465 e. The molecule has 15 aliphatic heterocycles. The Labute approximate surface area is 517 Å². The summed E-state index contributed by atoms with van der Waals surface area (Å²) in [4.78, 5) is 13.0. The Balaban J connectivity index is 1.04. The van der Waals surface area contributed by atoms with Gasteiger partial charge in [0.15, 0.2) is 44.0 Å². The molecule has 15 aliphatic rings. The van der Waals surface area contributed by atoms with Crippen molar-refractivity contribution in [2.75, 3.05) is 53.4 Å². The van der Waals surface area contributed by atoms with Gasteiger partial charge in [0, 0.05) is 3.57 Å². The standard InChI is InChI=1S/C51H77IO37/c1-74-44(73)22-13(3-2-4-14(22)52)12-75-43-35(72)42-21(11-59)82-51(43)89-41-20(10-58)81-49(34(71)28(41)65)87-39-18(8-56)79-47(32(69)26(39)63)85-37-16(6-54)77-45(30(67)24(37)61)83-36-15(5-53)76-46(29(66)23(36)60)84-38-17(7-55)78-48(31(68)25(38)62)86-40-19(9-57)80-50(88-42)33(70)27(40)64/h2-4,15-21,23-43,45-51,53-72H,5-12H2,1H3/t15-,16-,17-,18-,19-,20-,21-,23-,24-,25-,26-,27-,28-,29-,30-,31-,32-,33-,34-,35+,36-,37-,38-,39-,40-,41-,42-,43-,45-,46-,47-,48-,49-,50-,51-/m1/s1. The topological polar surface area (TPSA) is 569 Å². The van der Waals surface area contributed by atoms with E-state index in [1.54, 1.807) is 12.1 Å². The molecule has 15 saturated heterocycles. The molecular formula is C51H77IO37. The van der Waals surface area contributed by atoms with E-state index in [-0.39, 0.29) is 11.1 Å². The van der Waals surface area contributed by atoms with E-state index in [0.29, 0.717) is 3.57 Å². The lowest BCUT2D eigenvalue weighted by atomic mass is 9.95. The van der Waals surface area contributed by atoms with Crippen LogP contribution in [0.3, 0.4) is 0 Å². The molecule has 15 heterocycles. The van der Waals surface area contributed by atoms with Crippen LogP contribution in [0, 0.1) is 3.57 Å². The van der Waals surface area contributed by atoms with Crippen molar-refractivity contribution < 1.29 is 183 Å². The number of hydrogen-bond donors (Lipinski definition) is 20. The van der Waals surface area contributed by atoms with Gasteiger partial charge in [0.2, 0.25) is 0 Å². The number of aliphatic hydroxyl groups is 20. The highest BCUT2D eigenvalue weighted by Gasteiger charge is 2.60. The predicted octanol–water partition coefficient (Wildman–Crippen LogP) is -12.6. The Morgan fingerprint density at radius 2 is 0.596 bits per heavy atom. The molecule has 37 nitrogen and oxygen atoms in total. The van der Waals surface area contributed by atoms with E-state index in [4.69, 9.17) is 75.8 Å². The fourth-order valence-electron chi connectivity index (χ4n) is 11.8. The molecule has 89 heavy (non-hydrogen) atoms. The molecule has 15 fully saturated rings. The van der Waals surface area contributed by atoms with Crippen LogP contribution in [0.15, 0.2) is 18.2 Å². The molecule has 0 radical (unpaired) electrons. The van der Waals surface area contributed by atoms with Gasteiger partial charge < -0.3 is 178 Å². The number of ether oxygens (including phenoxy) is 16. The van der Waals surface area contributed by atoms with Crippen molar-refractivity contribution in [1.82, 2.24) is 0 Å². The zero-order valence-electron chi connectivity index (χ0n) is 46.9. The first-order valence-corrected chi connectivity index (χ1v) is 29.3. The normalized spacial score (nSPS) is 49.4. The number of rotatable bonds is 11. The highest BCUT2D eigenvalue weighted by atomic mass is 127. The third-order valence-corrected chi connectivity index (χ3v) is 17.6. The van der Waals surface area contributed by atoms with Crippen molar-refractivity contribution >= 4 is 28.6 Å². The first-order valence-electron chi connectivity index (χ1n) is 28.2. The largest absolute Gasteiger partial charge is 0.465 e. The zero-order valence-corrected chi connectivity index (χ0v) is 49.0. The van der Waals surface area contributed by atoms with E-state index in [2.05, 4.69) is 0 Å². The highest BCUT2D eigenvalue weighted by Crippen LogP contribution is 2.40. The molecule has 510 valence electrons. The van der Waals surface area contributed by atoms with Crippen LogP contribution >= 0.6 is 22.6 Å². The van der Waals surface area contributed by atoms with Crippen LogP contribution in [-0.4, -0.2) is 376 Å². The molecular weight excluding hydrogens is 1330 g/mol. The quantitative estimate of drug-likeness (QED) is 0.0723. The summed E-state index contributed by atoms with van der Waals surface area (Å²) < 4.78 is 93.2. The second-order valence-corrected chi connectivity index (χ2v) is 23.4. The summed E-state index contributed by atoms with van der Waals surface area (Å²) in [5.74, 6) is -0.805. The van der Waals surface area contributed by atoms with Crippen molar-refractivity contribution in [2.45, 2.75) is 222 Å². The summed E-state index contributed by atoms with van der Waals surface area (Å²) in [7, 11) is 1.12. The Morgan fingerprint density at radius 1 is 0.360 bits per heavy atom. The van der Waals surface area contributed by atoms with Gasteiger partial charge in [-0.1, -0.05) is 12.1 Å². The second-order valence-electron chi connectivity index (χ2n) is 22.2. The van der Waals surface area contributed by atoms with Crippen LogP contribution in [0.4, 0.5) is 0 Å². The average molecular weight is 1410 g/mol. The Morgan fingerprint density at radius 3 is 0.843 bits per heavy atom. The molecule has 0 aliphatic carbocycles. The monoisotopic (exact) mass is 1410 g/mol. The Kier molecular flexibility index (Phi) is 24.7. The molecule has 0 spiro atoms. The molecule has 20 N–H and O–H groups in total. The Hall–Kier alpha value is -1.98. The Bertz CT molecular complexity index is 2400. The zero-order chi connectivity index (χ0) is 64.6. The molecule has 38 heteroatoms. The fourth-order valence-corrected chi connectivity index (χ4v) is 12.6. The third-order valence-electron chi connectivity index (χ3n) is 16.7. The first-order chi connectivity index (χ1) is 42.5. The molecule has 1 aromatic rings. The van der Waals surface area contributed by atoms with Crippen LogP contribution in [0.5, 0.6) is 0 Å². The van der Waals surface area contributed by atoms with Gasteiger partial charge in [-0.25, -0.2) is 4.79 Å². The lowest BCUT2D eigenvalue weighted by Crippen LogP contribution is -2.68. The van der Waals surface area contributed by atoms with Crippen molar-refractivity contribution in [3.05, 3.63) is 32.9 Å². The maximum atomic E-state index is 13.0. The number of aliphatic hydroxyl groups excluding tert-OH is 20. The van der Waals surface area contributed by atoms with Gasteiger partial charge in [0.05, 0.1) is 65.5 Å². The molecule has 14 bridgehead atoms. The fraction of sp³-hybridized carbons (Fsp3) is 0.863. The lowest BCUT2D eigenvalue weighted by Gasteiger charge is -2.50. The number of carbonyl (C=O) groups excluding carboxylic acids is 1. The molecule has 0 amide bonds. The van der Waals surface area contributed by atoms with Crippen LogP contribution in [0.25, 0.3) is 0 Å². The number of esters is 1. The maximum absolute atomic E-state index is 13.0. The van der Waals surface area contributed by atoms with Crippen LogP contribution in [-0.2, 0) is 82.4 Å². The lowest BCUT2D eigenvalue weighted by molar-refractivity contribution is -0.398. The summed E-state index contributed by atoms with van der Waals surface area (Å²) in [6.45, 7) is -8.05. The molecule has 16 rings (SSSR count). The van der Waals surface area contributed by atoms with Gasteiger partial charge in [-0.2, -0.15) is 0 Å².